The third kappa shape index (κ3) is 2.62. The Labute approximate surface area is 124 Å². The van der Waals surface area contributed by atoms with Crippen LogP contribution in [0.1, 0.15) is 12.5 Å². The van der Waals surface area contributed by atoms with E-state index >= 15 is 0 Å². The van der Waals surface area contributed by atoms with Crippen molar-refractivity contribution in [3.8, 4) is 0 Å². The van der Waals surface area contributed by atoms with E-state index in [1.807, 2.05) is 41.0 Å². The summed E-state index contributed by atoms with van der Waals surface area (Å²) in [5, 5.41) is 9.70. The van der Waals surface area contributed by atoms with E-state index in [0.717, 1.165) is 17.6 Å². The minimum atomic E-state index is -0.437. The van der Waals surface area contributed by atoms with Crippen molar-refractivity contribution in [1.29, 1.82) is 0 Å². The Kier molecular flexibility index (Phi) is 3.62. The van der Waals surface area contributed by atoms with Crippen LogP contribution >= 0.6 is 0 Å². The van der Waals surface area contributed by atoms with Crippen molar-refractivity contribution in [2.75, 3.05) is 5.73 Å². The Morgan fingerprint density at radius 2 is 1.76 bits per heavy atom. The molecule has 4 heteroatoms. The number of hydrogen-bond donors (Lipinski definition) is 2. The summed E-state index contributed by atoms with van der Waals surface area (Å²) >= 11 is 0. The first-order valence-electron chi connectivity index (χ1n) is 7.15. The lowest BCUT2D eigenvalue weighted by Gasteiger charge is -2.04. The average molecular weight is 282 g/mol. The summed E-state index contributed by atoms with van der Waals surface area (Å²) in [5.41, 5.74) is 9.66. The van der Waals surface area contributed by atoms with Crippen molar-refractivity contribution in [3.05, 3.63) is 60.2 Å². The van der Waals surface area contributed by atoms with Crippen molar-refractivity contribution in [2.24, 2.45) is 0 Å². The summed E-state index contributed by atoms with van der Waals surface area (Å²) in [6.07, 6.45) is -0.437. The predicted octanol–water partition coefficient (Wildman–Crippen LogP) is 1.94. The van der Waals surface area contributed by atoms with E-state index < -0.39 is 6.10 Å². The van der Waals surface area contributed by atoms with Gasteiger partial charge < -0.3 is 5.11 Å². The average Bonchev–Trinajstić information content (AvgIpc) is 2.74. The number of anilines is 1. The fraction of sp³-hybridized carbons (Fsp3) is 0.235. The van der Waals surface area contributed by atoms with Crippen LogP contribution in [0.5, 0.6) is 0 Å². The number of nitrogens with two attached hydrogens (primary N) is 1. The van der Waals surface area contributed by atoms with Crippen LogP contribution in [0.15, 0.2) is 54.6 Å². The molecule has 2 aromatic carbocycles. The molecule has 0 aliphatic carbocycles. The summed E-state index contributed by atoms with van der Waals surface area (Å²) in [7, 11) is 0. The van der Waals surface area contributed by atoms with Crippen LogP contribution in [0.4, 0.5) is 5.95 Å². The molecule has 3 aromatic rings. The highest BCUT2D eigenvalue weighted by Crippen LogP contribution is 2.17. The molecule has 0 saturated carbocycles. The summed E-state index contributed by atoms with van der Waals surface area (Å²) < 4.78 is 4.07. The number of aliphatic hydroxyl groups excluding tert-OH is 1. The van der Waals surface area contributed by atoms with Gasteiger partial charge in [0.1, 0.15) is 11.0 Å². The maximum atomic E-state index is 9.70. The second kappa shape index (κ2) is 5.58. The number of aliphatic hydroxyl groups is 1. The van der Waals surface area contributed by atoms with Gasteiger partial charge in [0, 0.05) is 0 Å². The van der Waals surface area contributed by atoms with Crippen LogP contribution in [-0.4, -0.2) is 15.8 Å². The number of nitrogen functional groups attached to an aromatic ring is 1. The van der Waals surface area contributed by atoms with Gasteiger partial charge in [0.2, 0.25) is 0 Å². The smallest absolute Gasteiger partial charge is 0.356 e. The second-order valence-corrected chi connectivity index (χ2v) is 5.38. The number of fused-ring (bicyclic) bond motifs is 1. The van der Waals surface area contributed by atoms with Gasteiger partial charge in [0.05, 0.1) is 19.2 Å². The molecule has 3 rings (SSSR count). The molecule has 1 heterocycles. The highest BCUT2D eigenvalue weighted by molar-refractivity contribution is 5.73. The first-order chi connectivity index (χ1) is 10.2. The van der Waals surface area contributed by atoms with Crippen molar-refractivity contribution in [3.63, 3.8) is 0 Å². The molecule has 0 amide bonds. The number of benzene rings is 2. The van der Waals surface area contributed by atoms with Crippen molar-refractivity contribution in [1.82, 2.24) is 4.57 Å². The summed E-state index contributed by atoms with van der Waals surface area (Å²) in [6.45, 7) is 2.99. The Bertz CT molecular complexity index is 747. The monoisotopic (exact) mass is 282 g/mol. The molecule has 3 N–H and O–H groups in total. The van der Waals surface area contributed by atoms with Gasteiger partial charge in [-0.1, -0.05) is 42.5 Å². The highest BCUT2D eigenvalue weighted by Gasteiger charge is 2.21. The third-order valence-electron chi connectivity index (χ3n) is 3.65. The minimum Gasteiger partial charge on any atom is -0.390 e. The fourth-order valence-electron chi connectivity index (χ4n) is 2.70. The van der Waals surface area contributed by atoms with Gasteiger partial charge in [-0.25, -0.2) is 9.13 Å². The van der Waals surface area contributed by atoms with Gasteiger partial charge in [0.15, 0.2) is 0 Å². The Balaban J connectivity index is 2.11. The fourth-order valence-corrected chi connectivity index (χ4v) is 2.70. The maximum absolute atomic E-state index is 9.70. The number of rotatable bonds is 4. The molecule has 0 radical (unpaired) electrons. The van der Waals surface area contributed by atoms with Crippen LogP contribution in [0.2, 0.25) is 0 Å². The quantitative estimate of drug-likeness (QED) is 0.719. The molecule has 0 fully saturated rings. The number of hydrogen-bond acceptors (Lipinski definition) is 2. The van der Waals surface area contributed by atoms with Gasteiger partial charge in [0.25, 0.3) is 0 Å². The standard InChI is InChI=1S/C17H19N3O/c1-13(21)11-19-15-9-5-6-10-16(15)20(17(19)18)12-14-7-3-2-4-8-14/h2-10,13,18,21H,11-12H2,1H3/p+1/t13-/m0/s1. The van der Waals surface area contributed by atoms with Crippen LogP contribution in [0, 0.1) is 0 Å². The summed E-state index contributed by atoms with van der Waals surface area (Å²) in [5.74, 6) is 0.668. The lowest BCUT2D eigenvalue weighted by atomic mass is 10.2. The lowest BCUT2D eigenvalue weighted by Crippen LogP contribution is -2.37. The number of aromatic nitrogens is 2. The van der Waals surface area contributed by atoms with E-state index in [1.54, 1.807) is 6.92 Å². The Morgan fingerprint density at radius 3 is 2.48 bits per heavy atom. The molecule has 0 aliphatic rings. The van der Waals surface area contributed by atoms with Gasteiger partial charge >= 0.3 is 5.95 Å². The SMILES string of the molecule is C[C@H](O)Cn1c(N)[n+](Cc2ccccc2)c2ccccc21. The normalized spacial score (nSPS) is 12.7. The number of para-hydroxylation sites is 2. The lowest BCUT2D eigenvalue weighted by molar-refractivity contribution is -0.648. The van der Waals surface area contributed by atoms with Crippen LogP contribution in [0.25, 0.3) is 11.0 Å². The molecule has 21 heavy (non-hydrogen) atoms. The second-order valence-electron chi connectivity index (χ2n) is 5.38. The van der Waals surface area contributed by atoms with E-state index in [0.29, 0.717) is 12.5 Å². The van der Waals surface area contributed by atoms with Gasteiger partial charge in [-0.3, -0.25) is 5.73 Å². The molecule has 1 atom stereocenters. The number of nitrogens with zero attached hydrogens (tertiary/aromatic N) is 2. The van der Waals surface area contributed by atoms with Gasteiger partial charge in [-0.15, -0.1) is 0 Å². The van der Waals surface area contributed by atoms with Crippen LogP contribution in [0.3, 0.4) is 0 Å². The largest absolute Gasteiger partial charge is 0.390 e. The number of imidazole rings is 1. The van der Waals surface area contributed by atoms with Gasteiger partial charge in [-0.05, 0) is 24.6 Å². The molecule has 1 aromatic heterocycles. The predicted molar refractivity (Wildman–Crippen MR) is 83.8 cm³/mol. The maximum Gasteiger partial charge on any atom is 0.356 e. The van der Waals surface area contributed by atoms with Crippen molar-refractivity contribution < 1.29 is 9.67 Å². The van der Waals surface area contributed by atoms with E-state index in [1.165, 1.54) is 5.56 Å². The molecule has 0 spiro atoms. The summed E-state index contributed by atoms with van der Waals surface area (Å²) in [4.78, 5) is 0. The van der Waals surface area contributed by atoms with Crippen molar-refractivity contribution in [2.45, 2.75) is 26.1 Å². The minimum absolute atomic E-state index is 0.437. The molecule has 0 bridgehead atoms. The first-order valence-corrected chi connectivity index (χ1v) is 7.15. The van der Waals surface area contributed by atoms with Crippen LogP contribution in [-0.2, 0) is 13.1 Å². The van der Waals surface area contributed by atoms with Crippen molar-refractivity contribution >= 4 is 17.0 Å². The van der Waals surface area contributed by atoms with Crippen LogP contribution < -0.4 is 10.3 Å². The Hall–Kier alpha value is -2.33. The van der Waals surface area contributed by atoms with Gasteiger partial charge in [-0.2, -0.15) is 0 Å². The topological polar surface area (TPSA) is 55.1 Å². The zero-order chi connectivity index (χ0) is 14.8. The van der Waals surface area contributed by atoms with E-state index in [2.05, 4.69) is 22.8 Å². The zero-order valence-corrected chi connectivity index (χ0v) is 12.1. The molecule has 108 valence electrons. The molecular formula is C17H20N3O+. The molecule has 4 nitrogen and oxygen atoms in total. The molecular weight excluding hydrogens is 262 g/mol. The third-order valence-corrected chi connectivity index (χ3v) is 3.65. The highest BCUT2D eigenvalue weighted by atomic mass is 16.3. The molecule has 0 unspecified atom stereocenters. The first kappa shape index (κ1) is 13.6. The van der Waals surface area contributed by atoms with E-state index in [-0.39, 0.29) is 0 Å². The van der Waals surface area contributed by atoms with E-state index in [4.69, 9.17) is 5.73 Å². The molecule has 0 saturated heterocycles. The summed E-state index contributed by atoms with van der Waals surface area (Å²) in [6, 6.07) is 18.3. The molecule has 0 aliphatic heterocycles. The Morgan fingerprint density at radius 1 is 1.10 bits per heavy atom. The van der Waals surface area contributed by atoms with E-state index in [9.17, 15) is 5.11 Å². The zero-order valence-electron chi connectivity index (χ0n) is 12.1.